The molecule has 0 fully saturated rings. The van der Waals surface area contributed by atoms with Crippen LogP contribution in [0.3, 0.4) is 0 Å². The van der Waals surface area contributed by atoms with Gasteiger partial charge in [-0.05, 0) is 18.8 Å². The summed E-state index contributed by atoms with van der Waals surface area (Å²) in [5.41, 5.74) is 1.64. The lowest BCUT2D eigenvalue weighted by molar-refractivity contribution is 0.548. The van der Waals surface area contributed by atoms with Crippen molar-refractivity contribution >= 4 is 0 Å². The molecule has 0 bridgehead atoms. The molecule has 0 saturated carbocycles. The smallest absolute Gasteiger partial charge is 0.161 e. The summed E-state index contributed by atoms with van der Waals surface area (Å²) in [4.78, 5) is 4.03. The second kappa shape index (κ2) is 4.80. The number of hydrogen-bond acceptors (Lipinski definition) is 2. The van der Waals surface area contributed by atoms with E-state index in [0.29, 0.717) is 5.69 Å². The molecule has 3 heteroatoms. The van der Waals surface area contributed by atoms with Gasteiger partial charge in [-0.1, -0.05) is 20.3 Å². The van der Waals surface area contributed by atoms with Crippen LogP contribution >= 0.6 is 0 Å². The molecular formula is C11H17N3. The minimum atomic E-state index is 0.580. The van der Waals surface area contributed by atoms with E-state index >= 15 is 0 Å². The van der Waals surface area contributed by atoms with Crippen LogP contribution < -0.4 is 0 Å². The summed E-state index contributed by atoms with van der Waals surface area (Å²) in [6.07, 6.45) is 5.00. The number of aromatic nitrogens is 2. The Bertz CT molecular complexity index is 331. The Morgan fingerprint density at radius 1 is 1.57 bits per heavy atom. The van der Waals surface area contributed by atoms with E-state index in [4.69, 9.17) is 5.26 Å². The Balaban J connectivity index is 2.58. The summed E-state index contributed by atoms with van der Waals surface area (Å²) in [6, 6.07) is 2.12. The second-order valence-electron chi connectivity index (χ2n) is 4.05. The molecule has 0 saturated heterocycles. The van der Waals surface area contributed by atoms with Gasteiger partial charge in [0.05, 0.1) is 12.0 Å². The Kier molecular flexibility index (Phi) is 3.70. The monoisotopic (exact) mass is 191 g/mol. The summed E-state index contributed by atoms with van der Waals surface area (Å²) < 4.78 is 1.94. The van der Waals surface area contributed by atoms with Crippen molar-refractivity contribution in [2.45, 2.75) is 33.1 Å². The Hall–Kier alpha value is -1.30. The zero-order chi connectivity index (χ0) is 10.6. The number of nitriles is 1. The topological polar surface area (TPSA) is 41.6 Å². The van der Waals surface area contributed by atoms with Crippen LogP contribution in [0, 0.1) is 17.2 Å². The largest absolute Gasteiger partial charge is 0.336 e. The van der Waals surface area contributed by atoms with Gasteiger partial charge in [-0.2, -0.15) is 5.26 Å². The van der Waals surface area contributed by atoms with Crippen molar-refractivity contribution in [2.24, 2.45) is 13.0 Å². The fourth-order valence-corrected chi connectivity index (χ4v) is 1.52. The first-order valence-corrected chi connectivity index (χ1v) is 5.05. The SMILES string of the molecule is CC(C)CCCc1c(C#N)ncn1C. The average molecular weight is 191 g/mol. The molecule has 0 aliphatic carbocycles. The molecule has 0 radical (unpaired) electrons. The van der Waals surface area contributed by atoms with Gasteiger partial charge in [-0.15, -0.1) is 0 Å². The first kappa shape index (κ1) is 10.8. The molecule has 0 aliphatic rings. The molecule has 0 atom stereocenters. The molecule has 0 aromatic carbocycles. The average Bonchev–Trinajstić information content (AvgIpc) is 2.47. The number of hydrogen-bond donors (Lipinski definition) is 0. The molecule has 0 amide bonds. The van der Waals surface area contributed by atoms with E-state index < -0.39 is 0 Å². The van der Waals surface area contributed by atoms with Crippen LogP contribution in [0.2, 0.25) is 0 Å². The lowest BCUT2D eigenvalue weighted by atomic mass is 10.0. The third kappa shape index (κ3) is 2.59. The second-order valence-corrected chi connectivity index (χ2v) is 4.05. The van der Waals surface area contributed by atoms with Crippen LogP contribution in [0.5, 0.6) is 0 Å². The van der Waals surface area contributed by atoms with E-state index in [2.05, 4.69) is 24.9 Å². The van der Waals surface area contributed by atoms with Crippen LogP contribution in [0.25, 0.3) is 0 Å². The van der Waals surface area contributed by atoms with E-state index in [9.17, 15) is 0 Å². The van der Waals surface area contributed by atoms with E-state index in [-0.39, 0.29) is 0 Å². The summed E-state index contributed by atoms with van der Waals surface area (Å²) in [5, 5.41) is 8.81. The van der Waals surface area contributed by atoms with Crippen molar-refractivity contribution in [3.05, 3.63) is 17.7 Å². The van der Waals surface area contributed by atoms with Gasteiger partial charge in [0.2, 0.25) is 0 Å². The summed E-state index contributed by atoms with van der Waals surface area (Å²) in [5.74, 6) is 0.730. The fourth-order valence-electron chi connectivity index (χ4n) is 1.52. The van der Waals surface area contributed by atoms with Gasteiger partial charge in [0.15, 0.2) is 5.69 Å². The standard InChI is InChI=1S/C11H17N3/c1-9(2)5-4-6-11-10(7-12)13-8-14(11)3/h8-9H,4-6H2,1-3H3. The lowest BCUT2D eigenvalue weighted by Gasteiger charge is -2.05. The van der Waals surface area contributed by atoms with Crippen LogP contribution in [0.1, 0.15) is 38.1 Å². The third-order valence-corrected chi connectivity index (χ3v) is 2.36. The van der Waals surface area contributed by atoms with Crippen molar-refractivity contribution in [1.29, 1.82) is 5.26 Å². The van der Waals surface area contributed by atoms with Crippen molar-refractivity contribution < 1.29 is 0 Å². The van der Waals surface area contributed by atoms with Crippen molar-refractivity contribution in [3.8, 4) is 6.07 Å². The summed E-state index contributed by atoms with van der Waals surface area (Å²) in [6.45, 7) is 4.43. The van der Waals surface area contributed by atoms with Crippen molar-refractivity contribution in [2.75, 3.05) is 0 Å². The van der Waals surface area contributed by atoms with E-state index in [1.165, 1.54) is 6.42 Å². The number of imidazole rings is 1. The van der Waals surface area contributed by atoms with Gasteiger partial charge in [-0.25, -0.2) is 4.98 Å². The minimum absolute atomic E-state index is 0.580. The number of rotatable bonds is 4. The molecule has 0 N–H and O–H groups in total. The van der Waals surface area contributed by atoms with E-state index in [1.807, 2.05) is 11.6 Å². The maximum Gasteiger partial charge on any atom is 0.161 e. The minimum Gasteiger partial charge on any atom is -0.336 e. The maximum atomic E-state index is 8.81. The van der Waals surface area contributed by atoms with Gasteiger partial charge in [-0.3, -0.25) is 0 Å². The molecule has 1 rings (SSSR count). The normalized spacial score (nSPS) is 10.5. The molecular weight excluding hydrogens is 174 g/mol. The van der Waals surface area contributed by atoms with Crippen LogP contribution in [-0.2, 0) is 13.5 Å². The maximum absolute atomic E-state index is 8.81. The summed E-state index contributed by atoms with van der Waals surface area (Å²) >= 11 is 0. The molecule has 14 heavy (non-hydrogen) atoms. The van der Waals surface area contributed by atoms with E-state index in [1.54, 1.807) is 6.33 Å². The molecule has 1 aromatic heterocycles. The van der Waals surface area contributed by atoms with Crippen molar-refractivity contribution in [1.82, 2.24) is 9.55 Å². The molecule has 76 valence electrons. The highest BCUT2D eigenvalue weighted by atomic mass is 15.0. The van der Waals surface area contributed by atoms with Crippen molar-refractivity contribution in [3.63, 3.8) is 0 Å². The van der Waals surface area contributed by atoms with Gasteiger partial charge in [0.1, 0.15) is 6.07 Å². The highest BCUT2D eigenvalue weighted by Gasteiger charge is 2.07. The summed E-state index contributed by atoms with van der Waals surface area (Å²) in [7, 11) is 1.94. The van der Waals surface area contributed by atoms with E-state index in [0.717, 1.165) is 24.5 Å². The third-order valence-electron chi connectivity index (χ3n) is 2.36. The van der Waals surface area contributed by atoms with Gasteiger partial charge >= 0.3 is 0 Å². The Morgan fingerprint density at radius 3 is 2.86 bits per heavy atom. The van der Waals surface area contributed by atoms with Gasteiger partial charge in [0, 0.05) is 7.05 Å². The van der Waals surface area contributed by atoms with Crippen LogP contribution in [-0.4, -0.2) is 9.55 Å². The zero-order valence-electron chi connectivity index (χ0n) is 9.12. The van der Waals surface area contributed by atoms with Crippen LogP contribution in [0.4, 0.5) is 0 Å². The number of nitrogens with zero attached hydrogens (tertiary/aromatic N) is 3. The van der Waals surface area contributed by atoms with Gasteiger partial charge in [0.25, 0.3) is 0 Å². The molecule has 1 aromatic rings. The molecule has 0 spiro atoms. The highest BCUT2D eigenvalue weighted by molar-refractivity contribution is 5.26. The lowest BCUT2D eigenvalue weighted by Crippen LogP contribution is -1.99. The first-order valence-electron chi connectivity index (χ1n) is 5.05. The predicted molar refractivity (Wildman–Crippen MR) is 55.7 cm³/mol. The van der Waals surface area contributed by atoms with Crippen LogP contribution in [0.15, 0.2) is 6.33 Å². The molecule has 1 heterocycles. The Morgan fingerprint density at radius 2 is 2.29 bits per heavy atom. The quantitative estimate of drug-likeness (QED) is 0.732. The molecule has 0 unspecified atom stereocenters. The molecule has 0 aliphatic heterocycles. The molecule has 3 nitrogen and oxygen atoms in total. The van der Waals surface area contributed by atoms with Gasteiger partial charge < -0.3 is 4.57 Å². The Labute approximate surface area is 85.4 Å². The predicted octanol–water partition coefficient (Wildman–Crippen LogP) is 2.27. The number of aryl methyl sites for hydroxylation is 1. The zero-order valence-corrected chi connectivity index (χ0v) is 9.12. The fraction of sp³-hybridized carbons (Fsp3) is 0.636. The highest BCUT2D eigenvalue weighted by Crippen LogP contribution is 2.12. The first-order chi connectivity index (χ1) is 6.65.